The predicted octanol–water partition coefficient (Wildman–Crippen LogP) is 22.3. The number of nitrogens with zero attached hydrogens (tertiary/aromatic N) is 2. The van der Waals surface area contributed by atoms with Crippen LogP contribution in [0.2, 0.25) is 0 Å². The number of aryl methyl sites for hydroxylation is 4. The Bertz CT molecular complexity index is 4010. The molecule has 80 heavy (non-hydrogen) atoms. The van der Waals surface area contributed by atoms with E-state index in [1.807, 2.05) is 0 Å². The molecule has 0 fully saturated rings. The zero-order valence-corrected chi connectivity index (χ0v) is 47.4. The predicted molar refractivity (Wildman–Crippen MR) is 338 cm³/mol. The van der Waals surface area contributed by atoms with Crippen LogP contribution in [0.3, 0.4) is 0 Å². The van der Waals surface area contributed by atoms with Crippen LogP contribution in [0.25, 0.3) is 76.8 Å². The van der Waals surface area contributed by atoms with Crippen molar-refractivity contribution in [2.75, 3.05) is 9.80 Å². The van der Waals surface area contributed by atoms with Crippen molar-refractivity contribution >= 4 is 66.4 Å². The molecule has 0 saturated carbocycles. The molecule has 0 bridgehead atoms. The Balaban J connectivity index is 1.15. The minimum atomic E-state index is -0.333. The van der Waals surface area contributed by atoms with Crippen LogP contribution in [-0.4, -0.2) is 0 Å². The topological polar surface area (TPSA) is 6.48 Å². The molecule has 12 aromatic rings. The van der Waals surface area contributed by atoms with Crippen molar-refractivity contribution in [3.05, 3.63) is 263 Å². The maximum absolute atomic E-state index is 18.2. The van der Waals surface area contributed by atoms with Gasteiger partial charge < -0.3 is 9.80 Å². The van der Waals surface area contributed by atoms with E-state index in [2.05, 4.69) is 285 Å². The first-order valence-electron chi connectivity index (χ1n) is 27.8. The molecular weight excluding hydrogens is 979 g/mol. The third-order valence-corrected chi connectivity index (χ3v) is 16.1. The van der Waals surface area contributed by atoms with E-state index in [1.165, 1.54) is 0 Å². The van der Waals surface area contributed by atoms with Gasteiger partial charge in [0.25, 0.3) is 0 Å². The van der Waals surface area contributed by atoms with Gasteiger partial charge in [-0.1, -0.05) is 222 Å². The fourth-order valence-electron chi connectivity index (χ4n) is 11.5. The molecule has 12 aromatic carbocycles. The molecule has 0 heterocycles. The smallest absolute Gasteiger partial charge is 0.148 e. The highest BCUT2D eigenvalue weighted by molar-refractivity contribution is 6.28. The van der Waals surface area contributed by atoms with Crippen molar-refractivity contribution in [3.8, 4) is 44.5 Å². The Morgan fingerprint density at radius 2 is 0.637 bits per heavy atom. The van der Waals surface area contributed by atoms with Crippen LogP contribution in [0.1, 0.15) is 74.9 Å². The van der Waals surface area contributed by atoms with E-state index in [1.54, 1.807) is 12.1 Å². The summed E-state index contributed by atoms with van der Waals surface area (Å²) >= 11 is 0. The highest BCUT2D eigenvalue weighted by Crippen LogP contribution is 2.52. The Morgan fingerprint density at radius 1 is 0.312 bits per heavy atom. The van der Waals surface area contributed by atoms with Crippen LogP contribution < -0.4 is 9.80 Å². The van der Waals surface area contributed by atoms with Crippen LogP contribution in [-0.2, 0) is 10.8 Å². The highest BCUT2D eigenvalue weighted by Gasteiger charge is 2.30. The van der Waals surface area contributed by atoms with Gasteiger partial charge in [0, 0.05) is 33.3 Å². The molecule has 0 radical (unpaired) electrons. The summed E-state index contributed by atoms with van der Waals surface area (Å²) in [7, 11) is 0. The summed E-state index contributed by atoms with van der Waals surface area (Å²) in [5, 5.41) is 6.11. The van der Waals surface area contributed by atoms with E-state index in [0.29, 0.717) is 11.4 Å². The Labute approximate surface area is 470 Å². The van der Waals surface area contributed by atoms with E-state index in [0.717, 1.165) is 133 Å². The van der Waals surface area contributed by atoms with Gasteiger partial charge in [-0.15, -0.1) is 0 Å². The molecular formula is C76H66F2N2. The first kappa shape index (κ1) is 51.9. The maximum atomic E-state index is 18.2. The lowest BCUT2D eigenvalue weighted by Crippen LogP contribution is -2.17. The van der Waals surface area contributed by atoms with Gasteiger partial charge in [0.1, 0.15) is 11.6 Å². The van der Waals surface area contributed by atoms with Crippen molar-refractivity contribution in [1.29, 1.82) is 0 Å². The molecule has 0 atom stereocenters. The van der Waals surface area contributed by atoms with Gasteiger partial charge in [-0.3, -0.25) is 0 Å². The quantitative estimate of drug-likeness (QED) is 0.126. The van der Waals surface area contributed by atoms with Gasteiger partial charge >= 0.3 is 0 Å². The Morgan fingerprint density at radius 3 is 0.975 bits per heavy atom. The summed E-state index contributed by atoms with van der Waals surface area (Å²) < 4.78 is 36.5. The fraction of sp³-hybridized carbons (Fsp3) is 0.158. The van der Waals surface area contributed by atoms with Crippen molar-refractivity contribution in [2.45, 2.75) is 80.1 Å². The summed E-state index contributed by atoms with van der Waals surface area (Å²) in [6, 6.07) is 75.7. The van der Waals surface area contributed by atoms with E-state index in [-0.39, 0.29) is 22.5 Å². The molecule has 0 aliphatic carbocycles. The zero-order valence-electron chi connectivity index (χ0n) is 47.4. The van der Waals surface area contributed by atoms with Gasteiger partial charge in [-0.25, -0.2) is 8.78 Å². The summed E-state index contributed by atoms with van der Waals surface area (Å²) in [4.78, 5) is 4.29. The van der Waals surface area contributed by atoms with Gasteiger partial charge in [0.2, 0.25) is 0 Å². The largest absolute Gasteiger partial charge is 0.307 e. The van der Waals surface area contributed by atoms with Crippen LogP contribution in [0.15, 0.2) is 218 Å². The fourth-order valence-corrected chi connectivity index (χ4v) is 11.5. The van der Waals surface area contributed by atoms with Gasteiger partial charge in [0.05, 0.1) is 22.7 Å². The second-order valence-electron chi connectivity index (χ2n) is 24.0. The van der Waals surface area contributed by atoms with Crippen LogP contribution in [0.5, 0.6) is 0 Å². The van der Waals surface area contributed by atoms with Gasteiger partial charge in [-0.2, -0.15) is 0 Å². The number of anilines is 6. The molecule has 394 valence electrons. The maximum Gasteiger partial charge on any atom is 0.148 e. The van der Waals surface area contributed by atoms with E-state index in [9.17, 15) is 0 Å². The summed E-state index contributed by atoms with van der Waals surface area (Å²) in [6.07, 6.45) is 0. The summed E-state index contributed by atoms with van der Waals surface area (Å²) in [5.41, 5.74) is 17.6. The highest BCUT2D eigenvalue weighted by atomic mass is 19.1. The van der Waals surface area contributed by atoms with Crippen molar-refractivity contribution < 1.29 is 8.78 Å². The van der Waals surface area contributed by atoms with E-state index < -0.39 is 0 Å². The van der Waals surface area contributed by atoms with E-state index in [4.69, 9.17) is 0 Å². The average Bonchev–Trinajstić information content (AvgIpc) is 2.67. The molecule has 0 spiro atoms. The normalized spacial score (nSPS) is 12.0. The first-order valence-corrected chi connectivity index (χ1v) is 27.8. The van der Waals surface area contributed by atoms with Crippen molar-refractivity contribution in [1.82, 2.24) is 0 Å². The Kier molecular flexibility index (Phi) is 13.0. The minimum Gasteiger partial charge on any atom is -0.307 e. The molecule has 4 heteroatoms. The molecule has 12 rings (SSSR count). The molecule has 0 aromatic heterocycles. The monoisotopic (exact) mass is 1040 g/mol. The molecule has 0 amide bonds. The van der Waals surface area contributed by atoms with Crippen molar-refractivity contribution in [3.63, 3.8) is 0 Å². The average molecular weight is 1050 g/mol. The molecule has 0 N–H and O–H groups in total. The second kappa shape index (κ2) is 20.1. The van der Waals surface area contributed by atoms with Crippen LogP contribution in [0, 0.1) is 39.3 Å². The number of halogens is 2. The summed E-state index contributed by atoms with van der Waals surface area (Å²) in [5.74, 6) is -0.665. The third kappa shape index (κ3) is 9.57. The van der Waals surface area contributed by atoms with Crippen LogP contribution in [0.4, 0.5) is 42.9 Å². The zero-order chi connectivity index (χ0) is 55.8. The SMILES string of the molecule is Cc1ccc(-c2cc(F)c(N(c3cccc(C(C)(C)C)c3)c3ccc4ccc5c(N(c6cccc(C(C)(C)C)c6)c6c(F)cc(-c7ccc(C)cc7)cc6-c6ccc(C)cc6)ccc6ccc3c4c65)c(-c3ccc(C)cc3)c2)cc1. The number of hydrogen-bond donors (Lipinski definition) is 0. The number of rotatable bonds is 10. The molecule has 0 unspecified atom stereocenters. The minimum absolute atomic E-state index is 0.188. The molecule has 0 aliphatic heterocycles. The number of benzene rings is 12. The van der Waals surface area contributed by atoms with E-state index >= 15 is 8.78 Å². The Hall–Kier alpha value is -8.86. The molecule has 0 aliphatic rings. The summed E-state index contributed by atoms with van der Waals surface area (Å²) in [6.45, 7) is 21.6. The van der Waals surface area contributed by atoms with Crippen LogP contribution >= 0.6 is 0 Å². The lowest BCUT2D eigenvalue weighted by molar-refractivity contribution is 0.590. The molecule has 0 saturated heterocycles. The lowest BCUT2D eigenvalue weighted by Gasteiger charge is -2.32. The second-order valence-corrected chi connectivity index (χ2v) is 24.0. The van der Waals surface area contributed by atoms with Gasteiger partial charge in [-0.05, 0) is 165 Å². The third-order valence-electron chi connectivity index (χ3n) is 16.1. The standard InChI is InChI=1S/C76H66F2N2/c1-47-17-25-51(26-18-47)57-41-65(53-29-21-49(3)22-30-53)73(67(77)43-57)79(61-15-11-13-59(45-61)75(5,6)7)69-39-35-55-34-38-64-70(40-36-56-33-37-63(69)71(55)72(56)64)80(62-16-12-14-60(46-62)76(8,9)10)74-66(54-31-23-50(4)24-32-54)42-58(44-68(74)78)52-27-19-48(2)20-28-52/h11-46H,1-10H3. The number of hydrogen-bond acceptors (Lipinski definition) is 2. The van der Waals surface area contributed by atoms with Gasteiger partial charge in [0.15, 0.2) is 0 Å². The lowest BCUT2D eigenvalue weighted by atomic mass is 9.86. The first-order chi connectivity index (χ1) is 38.4. The molecule has 2 nitrogen and oxygen atoms in total. The van der Waals surface area contributed by atoms with Crippen molar-refractivity contribution in [2.24, 2.45) is 0 Å².